The Kier molecular flexibility index (Phi) is 6.53. The lowest BCUT2D eigenvalue weighted by molar-refractivity contribution is 1.03. The van der Waals surface area contributed by atoms with Crippen LogP contribution >= 0.6 is 11.8 Å². The van der Waals surface area contributed by atoms with Crippen molar-refractivity contribution in [1.29, 1.82) is 0 Å². The summed E-state index contributed by atoms with van der Waals surface area (Å²) in [6.45, 7) is 0. The Morgan fingerprint density at radius 3 is 2.04 bits per heavy atom. The molecule has 0 saturated heterocycles. The first-order chi connectivity index (χ1) is 27.3. The van der Waals surface area contributed by atoms with Crippen LogP contribution < -0.4 is 0 Å². The second kappa shape index (κ2) is 11.8. The summed E-state index contributed by atoms with van der Waals surface area (Å²) < 4.78 is 4.95. The maximum atomic E-state index is 5.28. The van der Waals surface area contributed by atoms with Gasteiger partial charge in [-0.15, -0.1) is 0 Å². The summed E-state index contributed by atoms with van der Waals surface area (Å²) in [7, 11) is 0. The van der Waals surface area contributed by atoms with Gasteiger partial charge < -0.3 is 0 Å². The van der Waals surface area contributed by atoms with Gasteiger partial charge in [0.05, 0.1) is 27.9 Å². The highest BCUT2D eigenvalue weighted by Crippen LogP contribution is 2.50. The van der Waals surface area contributed by atoms with Crippen LogP contribution in [0.5, 0.6) is 0 Å². The molecule has 4 heterocycles. The summed E-state index contributed by atoms with van der Waals surface area (Å²) in [5.74, 6) is 0.716. The van der Waals surface area contributed by atoms with Crippen molar-refractivity contribution in [2.45, 2.75) is 9.79 Å². The van der Waals surface area contributed by atoms with Crippen LogP contribution in [0.4, 0.5) is 0 Å². The van der Waals surface area contributed by atoms with E-state index in [0.717, 1.165) is 49.9 Å². The highest BCUT2D eigenvalue weighted by atomic mass is 32.2. The van der Waals surface area contributed by atoms with Crippen LogP contribution in [-0.4, -0.2) is 19.1 Å². The molecule has 11 aromatic rings. The van der Waals surface area contributed by atoms with Gasteiger partial charge in [0.15, 0.2) is 5.82 Å². The Bertz CT molecular complexity index is 3340. The third kappa shape index (κ3) is 4.54. The number of fused-ring (bicyclic) bond motifs is 10. The van der Waals surface area contributed by atoms with Crippen molar-refractivity contribution >= 4 is 66.3 Å². The first-order valence-electron chi connectivity index (χ1n) is 18.6. The average molecular weight is 719 g/mol. The van der Waals surface area contributed by atoms with Crippen molar-refractivity contribution < 1.29 is 0 Å². The number of para-hydroxylation sites is 3. The van der Waals surface area contributed by atoms with Gasteiger partial charge in [0.25, 0.3) is 0 Å². The number of hydrogen-bond donors (Lipinski definition) is 0. The van der Waals surface area contributed by atoms with E-state index in [1.807, 2.05) is 17.8 Å². The van der Waals surface area contributed by atoms with E-state index in [1.54, 1.807) is 0 Å². The summed E-state index contributed by atoms with van der Waals surface area (Å²) in [5, 5.41) is 7.17. The lowest BCUT2D eigenvalue weighted by Crippen LogP contribution is -2.06. The summed E-state index contributed by atoms with van der Waals surface area (Å²) in [4.78, 5) is 13.1. The molecule has 0 saturated carbocycles. The molecule has 8 aromatic carbocycles. The fourth-order valence-electron chi connectivity index (χ4n) is 8.64. The predicted octanol–water partition coefficient (Wildman–Crippen LogP) is 13.3. The monoisotopic (exact) mass is 718 g/mol. The highest BCUT2D eigenvalue weighted by Gasteiger charge is 2.28. The van der Waals surface area contributed by atoms with Gasteiger partial charge >= 0.3 is 0 Å². The summed E-state index contributed by atoms with van der Waals surface area (Å²) in [6, 6.07) is 65.2. The molecule has 5 heteroatoms. The number of hydrogen-bond acceptors (Lipinski definition) is 3. The maximum Gasteiger partial charge on any atom is 0.160 e. The van der Waals surface area contributed by atoms with E-state index in [0.29, 0.717) is 5.82 Å². The zero-order valence-electron chi connectivity index (χ0n) is 29.5. The Balaban J connectivity index is 1.07. The molecule has 0 spiro atoms. The molecule has 1 aliphatic rings. The molecule has 12 rings (SSSR count). The average Bonchev–Trinajstić information content (AvgIpc) is 3.78. The first-order valence-corrected chi connectivity index (χ1v) is 19.4. The standard InChI is InChI=1S/C50H30N4S/c1-3-14-32(15-4-1)46-40-27-25-31-13-7-8-20-37(31)47(40)52-49(51-46)35-17-11-16-33(29-35)34-26-28-43-42(30-34)54-48-39(22-12-24-44(48)55-43)45-38-21-9-10-23-41(38)53(50(45)54)36-18-5-2-6-19-36/h1-30H. The molecule has 1 aliphatic heterocycles. The molecule has 256 valence electrons. The quantitative estimate of drug-likeness (QED) is 0.170. The molecule has 0 N–H and O–H groups in total. The van der Waals surface area contributed by atoms with Gasteiger partial charge in [-0.05, 0) is 65.0 Å². The first kappa shape index (κ1) is 30.5. The van der Waals surface area contributed by atoms with Gasteiger partial charge in [-0.2, -0.15) is 0 Å². The van der Waals surface area contributed by atoms with Gasteiger partial charge in [0.1, 0.15) is 5.65 Å². The van der Waals surface area contributed by atoms with Crippen LogP contribution in [-0.2, 0) is 0 Å². The predicted molar refractivity (Wildman–Crippen MR) is 229 cm³/mol. The van der Waals surface area contributed by atoms with E-state index in [4.69, 9.17) is 9.97 Å². The number of nitrogens with zero attached hydrogens (tertiary/aromatic N) is 4. The lowest BCUT2D eigenvalue weighted by atomic mass is 10.00. The molecule has 0 radical (unpaired) electrons. The molecule has 0 amide bonds. The summed E-state index contributed by atoms with van der Waals surface area (Å²) in [6.07, 6.45) is 0. The van der Waals surface area contributed by atoms with E-state index in [2.05, 4.69) is 185 Å². The minimum atomic E-state index is 0.716. The molecule has 4 nitrogen and oxygen atoms in total. The normalized spacial score (nSPS) is 12.3. The molecule has 0 bridgehead atoms. The number of aromatic nitrogens is 4. The lowest BCUT2D eigenvalue weighted by Gasteiger charge is -2.22. The van der Waals surface area contributed by atoms with Crippen LogP contribution in [0.2, 0.25) is 0 Å². The molecule has 0 aliphatic carbocycles. The fourth-order valence-corrected chi connectivity index (χ4v) is 9.72. The molecule has 55 heavy (non-hydrogen) atoms. The Labute approximate surface area is 321 Å². The molecular weight excluding hydrogens is 689 g/mol. The van der Waals surface area contributed by atoms with Crippen LogP contribution in [0.3, 0.4) is 0 Å². The molecule has 3 aromatic heterocycles. The van der Waals surface area contributed by atoms with Gasteiger partial charge in [0.2, 0.25) is 0 Å². The van der Waals surface area contributed by atoms with Gasteiger partial charge in [-0.1, -0.05) is 145 Å². The van der Waals surface area contributed by atoms with Gasteiger partial charge in [0, 0.05) is 53.5 Å². The minimum Gasteiger partial charge on any atom is -0.295 e. The van der Waals surface area contributed by atoms with E-state index in [9.17, 15) is 0 Å². The van der Waals surface area contributed by atoms with Crippen molar-refractivity contribution in [2.24, 2.45) is 0 Å². The third-order valence-electron chi connectivity index (χ3n) is 11.1. The van der Waals surface area contributed by atoms with Crippen molar-refractivity contribution in [3.63, 3.8) is 0 Å². The van der Waals surface area contributed by atoms with Crippen molar-refractivity contribution in [3.05, 3.63) is 182 Å². The summed E-state index contributed by atoms with van der Waals surface area (Å²) in [5.41, 5.74) is 12.2. The zero-order valence-corrected chi connectivity index (χ0v) is 30.3. The van der Waals surface area contributed by atoms with E-state index < -0.39 is 0 Å². The van der Waals surface area contributed by atoms with E-state index >= 15 is 0 Å². The second-order valence-electron chi connectivity index (χ2n) is 14.2. The van der Waals surface area contributed by atoms with Crippen LogP contribution in [0, 0.1) is 0 Å². The minimum absolute atomic E-state index is 0.716. The number of benzene rings is 8. The highest BCUT2D eigenvalue weighted by molar-refractivity contribution is 7.99. The fraction of sp³-hybridized carbons (Fsp3) is 0. The third-order valence-corrected chi connectivity index (χ3v) is 12.2. The molecular formula is C50H30N4S. The number of rotatable bonds is 4. The van der Waals surface area contributed by atoms with Gasteiger partial charge in [-0.25, -0.2) is 9.97 Å². The maximum absolute atomic E-state index is 5.28. The van der Waals surface area contributed by atoms with Crippen molar-refractivity contribution in [1.82, 2.24) is 19.1 Å². The largest absolute Gasteiger partial charge is 0.295 e. The zero-order chi connectivity index (χ0) is 36.0. The van der Waals surface area contributed by atoms with Crippen LogP contribution in [0.15, 0.2) is 192 Å². The molecule has 0 atom stereocenters. The van der Waals surface area contributed by atoms with Crippen LogP contribution in [0.25, 0.3) is 99.7 Å². The Morgan fingerprint density at radius 1 is 0.436 bits per heavy atom. The topological polar surface area (TPSA) is 35.6 Å². The molecule has 0 unspecified atom stereocenters. The van der Waals surface area contributed by atoms with Crippen molar-refractivity contribution in [3.8, 4) is 45.1 Å². The van der Waals surface area contributed by atoms with E-state index in [-0.39, 0.29) is 0 Å². The van der Waals surface area contributed by atoms with E-state index in [1.165, 1.54) is 53.7 Å². The molecule has 0 fully saturated rings. The van der Waals surface area contributed by atoms with Crippen LogP contribution in [0.1, 0.15) is 0 Å². The Hall–Kier alpha value is -6.95. The Morgan fingerprint density at radius 2 is 1.15 bits per heavy atom. The van der Waals surface area contributed by atoms with Gasteiger partial charge in [-0.3, -0.25) is 9.13 Å². The summed E-state index contributed by atoms with van der Waals surface area (Å²) >= 11 is 1.86. The smallest absolute Gasteiger partial charge is 0.160 e. The SMILES string of the molecule is c1ccc(-c2nc(-c3cccc(-c4ccc5c(c4)-n4c6c(cccc6c6c7ccccc7n(-c7ccccc7)c64)S5)c3)nc3c2ccc2ccccc23)cc1. The second-order valence-corrected chi connectivity index (χ2v) is 15.3. The van der Waals surface area contributed by atoms with Crippen molar-refractivity contribution in [2.75, 3.05) is 0 Å².